The first-order valence-corrected chi connectivity index (χ1v) is 1.56. The van der Waals surface area contributed by atoms with E-state index < -0.39 is 0 Å². The minimum atomic E-state index is 1.29. The normalized spacial score (nSPS) is 21.2. The predicted octanol–water partition coefficient (Wildman–Crippen LogP) is -0.147. The topological polar surface area (TPSA) is 0 Å². The third kappa shape index (κ3) is 0.196. The predicted molar refractivity (Wildman–Crippen MR) is 21.4 cm³/mol. The molecular formula is C3H5B. The van der Waals surface area contributed by atoms with E-state index in [9.17, 15) is 0 Å². The molecule has 0 aliphatic heterocycles. The minimum absolute atomic E-state index is 1.29. The molecule has 1 aliphatic rings. The Balaban J connectivity index is 2.60. The summed E-state index contributed by atoms with van der Waals surface area (Å²) in [6, 6.07) is 0. The Morgan fingerprint density at radius 2 is 1.75 bits per heavy atom. The molecule has 1 fully saturated rings. The Morgan fingerprint density at radius 3 is 1.75 bits per heavy atom. The molecule has 1 saturated carbocycles. The first kappa shape index (κ1) is 2.19. The summed E-state index contributed by atoms with van der Waals surface area (Å²) in [5.41, 5.74) is 1.42. The van der Waals surface area contributed by atoms with Crippen molar-refractivity contribution in [1.29, 1.82) is 0 Å². The fourth-order valence-corrected chi connectivity index (χ4v) is 0.0884. The third-order valence-corrected chi connectivity index (χ3v) is 0.604. The maximum atomic E-state index is 3.67. The Labute approximate surface area is 26.9 Å². The van der Waals surface area contributed by atoms with Gasteiger partial charge in [-0.2, -0.15) is 0 Å². The molecule has 0 aromatic heterocycles. The molecule has 0 amide bonds. The Kier molecular flexibility index (Phi) is 0.247. The Bertz CT molecular complexity index is 41.2. The maximum absolute atomic E-state index is 3.67. The van der Waals surface area contributed by atoms with Crippen molar-refractivity contribution in [3.05, 3.63) is 0 Å². The van der Waals surface area contributed by atoms with E-state index in [1.807, 2.05) is 0 Å². The van der Waals surface area contributed by atoms with Gasteiger partial charge in [-0.05, 0) is 0 Å². The van der Waals surface area contributed by atoms with Crippen LogP contribution in [-0.2, 0) is 0 Å². The number of rotatable bonds is 0. The summed E-state index contributed by atoms with van der Waals surface area (Å²) in [4.78, 5) is 0. The van der Waals surface area contributed by atoms with Crippen LogP contribution in [0.5, 0.6) is 0 Å². The van der Waals surface area contributed by atoms with E-state index in [1.54, 1.807) is 0 Å². The van der Waals surface area contributed by atoms with E-state index in [4.69, 9.17) is 0 Å². The quantitative estimate of drug-likeness (QED) is 0.336. The second kappa shape index (κ2) is 0.451. The van der Waals surface area contributed by atoms with Crippen LogP contribution in [0.4, 0.5) is 0 Å². The van der Waals surface area contributed by atoms with Crippen LogP contribution in [0.3, 0.4) is 0 Å². The van der Waals surface area contributed by atoms with Crippen molar-refractivity contribution in [1.82, 2.24) is 0 Å². The van der Waals surface area contributed by atoms with Gasteiger partial charge >= 0.3 is 25.8 Å². The summed E-state index contributed by atoms with van der Waals surface area (Å²) in [6.45, 7) is 0. The zero-order valence-corrected chi connectivity index (χ0v) is 2.62. The van der Waals surface area contributed by atoms with Gasteiger partial charge in [-0.15, -0.1) is 0 Å². The van der Waals surface area contributed by atoms with Gasteiger partial charge in [-0.1, -0.05) is 0 Å². The van der Waals surface area contributed by atoms with Gasteiger partial charge in [0.2, 0.25) is 0 Å². The molecule has 0 N–H and O–H groups in total. The van der Waals surface area contributed by atoms with Crippen LogP contribution < -0.4 is 0 Å². The molecule has 1 aliphatic carbocycles. The third-order valence-electron chi connectivity index (χ3n) is 0.604. The van der Waals surface area contributed by atoms with Crippen LogP contribution in [0.15, 0.2) is 0 Å². The second-order valence-corrected chi connectivity index (χ2v) is 1.25. The van der Waals surface area contributed by atoms with Crippen LogP contribution >= 0.6 is 0 Å². The zero-order valence-electron chi connectivity index (χ0n) is 2.62. The van der Waals surface area contributed by atoms with Crippen LogP contribution in [0, 0.1) is 0 Å². The molecule has 0 atom stereocenters. The van der Waals surface area contributed by atoms with E-state index >= 15 is 0 Å². The summed E-state index contributed by atoms with van der Waals surface area (Å²) in [5, 5.41) is 0. The van der Waals surface area contributed by atoms with Crippen molar-refractivity contribution in [2.24, 2.45) is 0 Å². The van der Waals surface area contributed by atoms with Crippen LogP contribution in [0.1, 0.15) is 12.8 Å². The van der Waals surface area contributed by atoms with Gasteiger partial charge in [0.1, 0.15) is 0 Å². The molecule has 20 valence electrons. The van der Waals surface area contributed by atoms with E-state index in [-0.39, 0.29) is 0 Å². The molecule has 0 spiro atoms. The van der Waals surface area contributed by atoms with Gasteiger partial charge in [-0.25, -0.2) is 0 Å². The van der Waals surface area contributed by atoms with Gasteiger partial charge in [0, 0.05) is 0 Å². The molecule has 0 aromatic carbocycles. The molecule has 0 unspecified atom stereocenters. The summed E-state index contributed by atoms with van der Waals surface area (Å²) in [6.07, 6.45) is 2.58. The number of hydrogen-bond acceptors (Lipinski definition) is 0. The van der Waals surface area contributed by atoms with Crippen LogP contribution in [0.25, 0.3) is 0 Å². The molecule has 0 heterocycles. The van der Waals surface area contributed by atoms with Crippen molar-refractivity contribution in [2.75, 3.05) is 0 Å². The average molecular weight is 51.9 g/mol. The summed E-state index contributed by atoms with van der Waals surface area (Å²) >= 11 is 0. The van der Waals surface area contributed by atoms with E-state index in [2.05, 4.69) is 7.49 Å². The van der Waals surface area contributed by atoms with Crippen molar-refractivity contribution in [3.63, 3.8) is 0 Å². The van der Waals surface area contributed by atoms with Crippen molar-refractivity contribution >= 4 is 13.0 Å². The summed E-state index contributed by atoms with van der Waals surface area (Å²) < 4.78 is 0. The average Bonchev–Trinajstić information content (AvgIpc) is 1.75. The second-order valence-electron chi connectivity index (χ2n) is 1.25. The van der Waals surface area contributed by atoms with E-state index in [1.165, 1.54) is 18.3 Å². The molecule has 0 radical (unpaired) electrons. The SMILES string of the molecule is B=C1CC1. The number of hydrogen-bond donors (Lipinski definition) is 0. The van der Waals surface area contributed by atoms with Gasteiger partial charge in [0.05, 0.1) is 0 Å². The molecule has 1 rings (SSSR count). The molecule has 0 aromatic rings. The van der Waals surface area contributed by atoms with E-state index in [0.29, 0.717) is 0 Å². The Hall–Kier alpha value is -0.0651. The molecule has 0 saturated heterocycles. The molecule has 0 nitrogen and oxygen atoms in total. The first-order valence-electron chi connectivity index (χ1n) is 1.56. The van der Waals surface area contributed by atoms with Crippen molar-refractivity contribution in [2.45, 2.75) is 12.8 Å². The fraction of sp³-hybridized carbons (Fsp3) is 0.667. The fourth-order valence-electron chi connectivity index (χ4n) is 0.0884. The molecule has 4 heavy (non-hydrogen) atoms. The van der Waals surface area contributed by atoms with Crippen LogP contribution in [-0.4, -0.2) is 13.0 Å². The summed E-state index contributed by atoms with van der Waals surface area (Å²) in [5.74, 6) is 0. The first-order chi connectivity index (χ1) is 1.89. The van der Waals surface area contributed by atoms with Crippen molar-refractivity contribution < 1.29 is 0 Å². The standard InChI is InChI=1S/C3H5B/c4-3-1-2-3/h4H,1-2H2. The van der Waals surface area contributed by atoms with E-state index in [0.717, 1.165) is 0 Å². The van der Waals surface area contributed by atoms with Gasteiger partial charge < -0.3 is 0 Å². The van der Waals surface area contributed by atoms with Crippen LogP contribution in [0.2, 0.25) is 0 Å². The molecular weight excluding hydrogens is 46.8 g/mol. The monoisotopic (exact) mass is 52.0 g/mol. The molecule has 1 heteroatoms. The van der Waals surface area contributed by atoms with Gasteiger partial charge in [0.25, 0.3) is 0 Å². The zero-order chi connectivity index (χ0) is 2.99. The summed E-state index contributed by atoms with van der Waals surface area (Å²) in [7, 11) is 3.67. The van der Waals surface area contributed by atoms with Crippen molar-refractivity contribution in [3.8, 4) is 0 Å². The Morgan fingerprint density at radius 1 is 1.50 bits per heavy atom. The van der Waals surface area contributed by atoms with Gasteiger partial charge in [0.15, 0.2) is 0 Å². The van der Waals surface area contributed by atoms with Gasteiger partial charge in [-0.3, -0.25) is 0 Å². The molecule has 0 bridgehead atoms.